The van der Waals surface area contributed by atoms with Crippen molar-refractivity contribution in [3.63, 3.8) is 0 Å². The van der Waals surface area contributed by atoms with Crippen molar-refractivity contribution < 1.29 is 4.79 Å². The molecule has 0 unspecified atom stereocenters. The van der Waals surface area contributed by atoms with Gasteiger partial charge in [-0.1, -0.05) is 17.7 Å². The lowest BCUT2D eigenvalue weighted by molar-refractivity contribution is -0.115. The molecule has 0 aliphatic heterocycles. The Balaban J connectivity index is 1.66. The maximum atomic E-state index is 12.4. The number of thiazole rings is 1. The molecule has 7 heteroatoms. The molecule has 3 aromatic rings. The smallest absolute Gasteiger partial charge is 0.230 e. The number of rotatable bonds is 5. The topological polar surface area (TPSA) is 79.8 Å². The second-order valence-electron chi connectivity index (χ2n) is 6.74. The summed E-state index contributed by atoms with van der Waals surface area (Å²) in [5.41, 5.74) is 6.69. The Kier molecular flexibility index (Phi) is 5.51. The summed E-state index contributed by atoms with van der Waals surface area (Å²) in [6, 6.07) is 6.05. The molecule has 2 aromatic heterocycles. The van der Waals surface area contributed by atoms with Crippen LogP contribution in [0, 0.1) is 34.6 Å². The van der Waals surface area contributed by atoms with E-state index in [4.69, 9.17) is 0 Å². The number of carbonyl (C=O) groups excluding carboxylic acids is 1. The lowest BCUT2D eigenvalue weighted by atomic mass is 10.0. The van der Waals surface area contributed by atoms with E-state index in [1.165, 1.54) is 16.9 Å². The molecule has 0 radical (unpaired) electrons. The van der Waals surface area contributed by atoms with Crippen molar-refractivity contribution in [2.45, 2.75) is 41.0 Å². The molecule has 0 aliphatic carbocycles. The first-order valence-electron chi connectivity index (χ1n) is 8.71. The number of carbonyl (C=O) groups is 1. The average molecular weight is 382 g/mol. The highest BCUT2D eigenvalue weighted by Crippen LogP contribution is 2.23. The van der Waals surface area contributed by atoms with Crippen molar-refractivity contribution in [1.29, 1.82) is 0 Å². The van der Waals surface area contributed by atoms with E-state index in [0.717, 1.165) is 28.2 Å². The molecule has 2 heterocycles. The van der Waals surface area contributed by atoms with Gasteiger partial charge in [0.15, 0.2) is 5.13 Å². The van der Waals surface area contributed by atoms with Gasteiger partial charge in [-0.25, -0.2) is 15.0 Å². The van der Waals surface area contributed by atoms with Gasteiger partial charge < -0.3 is 10.6 Å². The van der Waals surface area contributed by atoms with Crippen LogP contribution in [0.1, 0.15) is 33.8 Å². The molecule has 1 aromatic carbocycles. The average Bonchev–Trinajstić information content (AvgIpc) is 2.96. The number of nitrogens with one attached hydrogen (secondary N) is 2. The summed E-state index contributed by atoms with van der Waals surface area (Å²) in [7, 11) is 0. The summed E-state index contributed by atoms with van der Waals surface area (Å²) in [5, 5.41) is 8.66. The fourth-order valence-electron chi connectivity index (χ4n) is 3.05. The van der Waals surface area contributed by atoms with E-state index in [0.29, 0.717) is 16.8 Å². The second kappa shape index (κ2) is 7.84. The third-order valence-corrected chi connectivity index (χ3v) is 4.84. The van der Waals surface area contributed by atoms with Gasteiger partial charge in [0.2, 0.25) is 11.9 Å². The Morgan fingerprint density at radius 3 is 2.22 bits per heavy atom. The number of hydrogen-bond donors (Lipinski definition) is 2. The largest absolute Gasteiger partial charge is 0.325 e. The van der Waals surface area contributed by atoms with Crippen molar-refractivity contribution in [2.75, 3.05) is 10.6 Å². The molecular weight excluding hydrogens is 358 g/mol. The van der Waals surface area contributed by atoms with Crippen LogP contribution in [0.3, 0.4) is 0 Å². The number of hydrogen-bond acceptors (Lipinski definition) is 6. The summed E-state index contributed by atoms with van der Waals surface area (Å²) in [6.45, 7) is 9.91. The molecule has 0 bridgehead atoms. The van der Waals surface area contributed by atoms with Crippen molar-refractivity contribution in [1.82, 2.24) is 15.0 Å². The van der Waals surface area contributed by atoms with Crippen LogP contribution in [-0.4, -0.2) is 20.9 Å². The number of aryl methyl sites for hydroxylation is 5. The zero-order valence-electron chi connectivity index (χ0n) is 16.2. The molecule has 0 saturated carbocycles. The van der Waals surface area contributed by atoms with Crippen LogP contribution in [0.2, 0.25) is 0 Å². The predicted octanol–water partition coefficient (Wildman–Crippen LogP) is 4.40. The van der Waals surface area contributed by atoms with Gasteiger partial charge in [0.1, 0.15) is 0 Å². The molecule has 0 aliphatic rings. The van der Waals surface area contributed by atoms with Crippen LogP contribution >= 0.6 is 11.3 Å². The fourth-order valence-corrected chi connectivity index (χ4v) is 3.75. The van der Waals surface area contributed by atoms with Crippen molar-refractivity contribution >= 4 is 34.0 Å². The standard InChI is InChI=1S/C20H23N5OS/c1-11-6-12(2)18(13(3)7-11)24-17(26)9-16-10-27-20(23-16)25-19-21-14(4)8-15(5)22-19/h6-8,10H,9H2,1-5H3,(H,24,26)(H,21,22,23,25). The molecular formula is C20H23N5OS. The third kappa shape index (κ3) is 4.89. The molecule has 6 nitrogen and oxygen atoms in total. The second-order valence-corrected chi connectivity index (χ2v) is 7.60. The highest BCUT2D eigenvalue weighted by atomic mass is 32.1. The minimum atomic E-state index is -0.0791. The van der Waals surface area contributed by atoms with Gasteiger partial charge in [-0.2, -0.15) is 0 Å². The van der Waals surface area contributed by atoms with Gasteiger partial charge >= 0.3 is 0 Å². The normalized spacial score (nSPS) is 10.7. The summed E-state index contributed by atoms with van der Waals surface area (Å²) in [6.07, 6.45) is 0.221. The number of anilines is 3. The van der Waals surface area contributed by atoms with E-state index < -0.39 is 0 Å². The molecule has 140 valence electrons. The van der Waals surface area contributed by atoms with Crippen LogP contribution < -0.4 is 10.6 Å². The molecule has 0 atom stereocenters. The molecule has 3 rings (SSSR count). The summed E-state index contributed by atoms with van der Waals surface area (Å²) in [5.74, 6) is 0.438. The minimum absolute atomic E-state index is 0.0791. The van der Waals surface area contributed by atoms with Crippen LogP contribution in [-0.2, 0) is 11.2 Å². The van der Waals surface area contributed by atoms with E-state index >= 15 is 0 Å². The van der Waals surface area contributed by atoms with Gasteiger partial charge in [-0.15, -0.1) is 11.3 Å². The lowest BCUT2D eigenvalue weighted by Gasteiger charge is -2.12. The van der Waals surface area contributed by atoms with E-state index in [9.17, 15) is 4.79 Å². The van der Waals surface area contributed by atoms with Crippen LogP contribution in [0.15, 0.2) is 23.6 Å². The fraction of sp³-hybridized carbons (Fsp3) is 0.300. The van der Waals surface area contributed by atoms with Gasteiger partial charge in [0, 0.05) is 22.5 Å². The molecule has 0 saturated heterocycles. The van der Waals surface area contributed by atoms with E-state index in [1.54, 1.807) is 0 Å². The first-order chi connectivity index (χ1) is 12.8. The van der Waals surface area contributed by atoms with E-state index in [1.807, 2.05) is 39.1 Å². The highest BCUT2D eigenvalue weighted by Gasteiger charge is 2.12. The quantitative estimate of drug-likeness (QED) is 0.685. The first kappa shape index (κ1) is 19.0. The van der Waals surface area contributed by atoms with Gasteiger partial charge in [0.05, 0.1) is 12.1 Å². The summed E-state index contributed by atoms with van der Waals surface area (Å²) < 4.78 is 0. The van der Waals surface area contributed by atoms with Crippen molar-refractivity contribution in [3.05, 3.63) is 57.4 Å². The Hall–Kier alpha value is -2.80. The number of benzene rings is 1. The Labute approximate surface area is 163 Å². The molecule has 27 heavy (non-hydrogen) atoms. The van der Waals surface area contributed by atoms with Gasteiger partial charge in [-0.3, -0.25) is 4.79 Å². The molecule has 0 spiro atoms. The van der Waals surface area contributed by atoms with E-state index in [2.05, 4.69) is 44.6 Å². The molecule has 1 amide bonds. The summed E-state index contributed by atoms with van der Waals surface area (Å²) >= 11 is 1.43. The Bertz CT molecular complexity index is 953. The number of nitrogens with zero attached hydrogens (tertiary/aromatic N) is 3. The summed E-state index contributed by atoms with van der Waals surface area (Å²) in [4.78, 5) is 25.6. The Morgan fingerprint density at radius 1 is 0.963 bits per heavy atom. The minimum Gasteiger partial charge on any atom is -0.325 e. The van der Waals surface area contributed by atoms with Crippen molar-refractivity contribution in [2.24, 2.45) is 0 Å². The highest BCUT2D eigenvalue weighted by molar-refractivity contribution is 7.13. The van der Waals surface area contributed by atoms with Crippen molar-refractivity contribution in [3.8, 4) is 0 Å². The van der Waals surface area contributed by atoms with Crippen LogP contribution in [0.4, 0.5) is 16.8 Å². The first-order valence-corrected chi connectivity index (χ1v) is 9.59. The van der Waals surface area contributed by atoms with Crippen LogP contribution in [0.5, 0.6) is 0 Å². The maximum absolute atomic E-state index is 12.4. The Morgan fingerprint density at radius 2 is 1.59 bits per heavy atom. The lowest BCUT2D eigenvalue weighted by Crippen LogP contribution is -2.16. The van der Waals surface area contributed by atoms with Crippen LogP contribution in [0.25, 0.3) is 0 Å². The molecule has 0 fully saturated rings. The number of aromatic nitrogens is 3. The third-order valence-electron chi connectivity index (χ3n) is 4.04. The zero-order valence-corrected chi connectivity index (χ0v) is 17.0. The molecule has 2 N–H and O–H groups in total. The SMILES string of the molecule is Cc1cc(C)c(NC(=O)Cc2csc(Nc3nc(C)cc(C)n3)n2)c(C)c1. The van der Waals surface area contributed by atoms with Gasteiger partial charge in [0.25, 0.3) is 0 Å². The van der Waals surface area contributed by atoms with Gasteiger partial charge in [-0.05, 0) is 51.8 Å². The predicted molar refractivity (Wildman–Crippen MR) is 110 cm³/mol. The maximum Gasteiger partial charge on any atom is 0.230 e. The zero-order chi connectivity index (χ0) is 19.6. The van der Waals surface area contributed by atoms with E-state index in [-0.39, 0.29) is 12.3 Å². The number of amides is 1. The monoisotopic (exact) mass is 381 g/mol.